The summed E-state index contributed by atoms with van der Waals surface area (Å²) in [6.07, 6.45) is 63.9. The molecule has 0 unspecified atom stereocenters. The summed E-state index contributed by atoms with van der Waals surface area (Å²) in [6.45, 7) is 6.32. The standard InChI is InChI=1S/C55H90O6/c1-4-7-10-13-16-19-22-25-27-30-33-36-39-42-45-48-54(57)60-51-52(50-59-53(56)47-44-41-38-35-32-29-24-21-18-15-12-9-6-3)61-55(58)49-46-43-40-37-34-31-28-26-23-20-17-14-11-8-5-2/h7-8,10-11,16-17,19-21,24-28,34,37,52H,4-6,9,12-15,18,22-23,29-33,35-36,38-51H2,1-3H3/b10-7-,11-8-,19-16-,20-17-,24-21-,27-25-,28-26-,37-34-/t52-/m0/s1. The van der Waals surface area contributed by atoms with E-state index in [2.05, 4.69) is 118 Å². The van der Waals surface area contributed by atoms with E-state index in [0.717, 1.165) is 128 Å². The van der Waals surface area contributed by atoms with Gasteiger partial charge >= 0.3 is 17.9 Å². The number of allylic oxidation sites excluding steroid dienone is 16. The largest absolute Gasteiger partial charge is 0.462 e. The Morgan fingerprint density at radius 2 is 0.639 bits per heavy atom. The monoisotopic (exact) mass is 847 g/mol. The van der Waals surface area contributed by atoms with E-state index < -0.39 is 6.10 Å². The molecule has 0 fully saturated rings. The van der Waals surface area contributed by atoms with Gasteiger partial charge in [0.15, 0.2) is 6.10 Å². The first-order valence-corrected chi connectivity index (χ1v) is 24.7. The molecule has 6 heteroatoms. The lowest BCUT2D eigenvalue weighted by Gasteiger charge is -2.18. The van der Waals surface area contributed by atoms with Gasteiger partial charge in [-0.25, -0.2) is 0 Å². The molecule has 0 N–H and O–H groups in total. The summed E-state index contributed by atoms with van der Waals surface area (Å²) in [4.78, 5) is 37.9. The number of carbonyl (C=O) groups excluding carboxylic acids is 3. The smallest absolute Gasteiger partial charge is 0.306 e. The number of rotatable bonds is 43. The van der Waals surface area contributed by atoms with Crippen molar-refractivity contribution in [2.24, 2.45) is 0 Å². The summed E-state index contributed by atoms with van der Waals surface area (Å²) in [7, 11) is 0. The van der Waals surface area contributed by atoms with Gasteiger partial charge in [0.1, 0.15) is 13.2 Å². The first-order valence-electron chi connectivity index (χ1n) is 24.7. The molecule has 0 radical (unpaired) electrons. The van der Waals surface area contributed by atoms with Crippen LogP contribution in [0, 0.1) is 0 Å². The van der Waals surface area contributed by atoms with Gasteiger partial charge in [-0.1, -0.05) is 176 Å². The average Bonchev–Trinajstić information content (AvgIpc) is 3.26. The number of hydrogen-bond donors (Lipinski definition) is 0. The fourth-order valence-electron chi connectivity index (χ4n) is 6.38. The van der Waals surface area contributed by atoms with Crippen LogP contribution in [0.2, 0.25) is 0 Å². The zero-order chi connectivity index (χ0) is 44.4. The Balaban J connectivity index is 4.51. The van der Waals surface area contributed by atoms with Gasteiger partial charge in [-0.2, -0.15) is 0 Å². The molecule has 0 rings (SSSR count). The molecule has 0 amide bonds. The summed E-state index contributed by atoms with van der Waals surface area (Å²) < 4.78 is 16.7. The van der Waals surface area contributed by atoms with Crippen LogP contribution in [0.4, 0.5) is 0 Å². The minimum absolute atomic E-state index is 0.106. The van der Waals surface area contributed by atoms with Gasteiger partial charge in [0.25, 0.3) is 0 Å². The molecule has 61 heavy (non-hydrogen) atoms. The van der Waals surface area contributed by atoms with E-state index in [9.17, 15) is 14.4 Å². The van der Waals surface area contributed by atoms with Gasteiger partial charge < -0.3 is 14.2 Å². The maximum absolute atomic E-state index is 12.8. The van der Waals surface area contributed by atoms with E-state index in [1.807, 2.05) is 0 Å². The minimum atomic E-state index is -0.809. The molecule has 0 aliphatic heterocycles. The molecule has 0 bridgehead atoms. The predicted molar refractivity (Wildman–Crippen MR) is 260 cm³/mol. The summed E-state index contributed by atoms with van der Waals surface area (Å²) in [5.41, 5.74) is 0. The zero-order valence-electron chi connectivity index (χ0n) is 39.4. The first kappa shape index (κ1) is 57.3. The molecule has 0 aliphatic carbocycles. The highest BCUT2D eigenvalue weighted by atomic mass is 16.6. The Morgan fingerprint density at radius 1 is 0.344 bits per heavy atom. The third-order valence-electron chi connectivity index (χ3n) is 10.1. The lowest BCUT2D eigenvalue weighted by molar-refractivity contribution is -0.167. The van der Waals surface area contributed by atoms with E-state index in [4.69, 9.17) is 14.2 Å². The Hall–Kier alpha value is -3.67. The van der Waals surface area contributed by atoms with Gasteiger partial charge in [-0.15, -0.1) is 0 Å². The Kier molecular flexibility index (Phi) is 46.0. The number of ether oxygens (including phenoxy) is 3. The van der Waals surface area contributed by atoms with Crippen LogP contribution in [0.3, 0.4) is 0 Å². The molecule has 0 saturated carbocycles. The molecule has 0 aromatic heterocycles. The third-order valence-corrected chi connectivity index (χ3v) is 10.1. The zero-order valence-corrected chi connectivity index (χ0v) is 39.4. The van der Waals surface area contributed by atoms with Crippen LogP contribution < -0.4 is 0 Å². The molecule has 346 valence electrons. The van der Waals surface area contributed by atoms with E-state index in [0.29, 0.717) is 19.3 Å². The summed E-state index contributed by atoms with van der Waals surface area (Å²) >= 11 is 0. The van der Waals surface area contributed by atoms with Crippen molar-refractivity contribution in [2.45, 2.75) is 219 Å². The lowest BCUT2D eigenvalue weighted by Crippen LogP contribution is -2.30. The van der Waals surface area contributed by atoms with Crippen LogP contribution in [0.5, 0.6) is 0 Å². The number of hydrogen-bond acceptors (Lipinski definition) is 6. The van der Waals surface area contributed by atoms with Crippen molar-refractivity contribution in [1.82, 2.24) is 0 Å². The van der Waals surface area contributed by atoms with E-state index in [1.165, 1.54) is 38.5 Å². The lowest BCUT2D eigenvalue weighted by atomic mass is 10.1. The second-order valence-electron chi connectivity index (χ2n) is 16.0. The summed E-state index contributed by atoms with van der Waals surface area (Å²) in [5.74, 6) is -0.979. The Bertz CT molecular complexity index is 1250. The van der Waals surface area contributed by atoms with Gasteiger partial charge in [-0.3, -0.25) is 14.4 Å². The van der Waals surface area contributed by atoms with Crippen LogP contribution in [0.15, 0.2) is 97.2 Å². The first-order chi connectivity index (χ1) is 30.0. The highest BCUT2D eigenvalue weighted by molar-refractivity contribution is 5.71. The number of carbonyl (C=O) groups is 3. The second-order valence-corrected chi connectivity index (χ2v) is 16.0. The summed E-state index contributed by atoms with van der Waals surface area (Å²) in [5, 5.41) is 0. The highest BCUT2D eigenvalue weighted by Crippen LogP contribution is 2.12. The molecule has 0 aromatic carbocycles. The summed E-state index contributed by atoms with van der Waals surface area (Å²) in [6, 6.07) is 0. The van der Waals surface area contributed by atoms with Crippen molar-refractivity contribution in [3.8, 4) is 0 Å². The Morgan fingerprint density at radius 3 is 1.05 bits per heavy atom. The van der Waals surface area contributed by atoms with Crippen molar-refractivity contribution in [2.75, 3.05) is 13.2 Å². The predicted octanol–water partition coefficient (Wildman–Crippen LogP) is 16.2. The van der Waals surface area contributed by atoms with Crippen molar-refractivity contribution >= 4 is 17.9 Å². The molecule has 0 spiro atoms. The third kappa shape index (κ3) is 47.2. The fraction of sp³-hybridized carbons (Fsp3) is 0.655. The van der Waals surface area contributed by atoms with Crippen LogP contribution in [-0.2, 0) is 28.6 Å². The van der Waals surface area contributed by atoms with Crippen molar-refractivity contribution < 1.29 is 28.6 Å². The maximum Gasteiger partial charge on any atom is 0.306 e. The second kappa shape index (κ2) is 49.0. The molecule has 0 aliphatic rings. The molecular weight excluding hydrogens is 757 g/mol. The topological polar surface area (TPSA) is 78.9 Å². The molecule has 0 aromatic rings. The van der Waals surface area contributed by atoms with Gasteiger partial charge in [0.2, 0.25) is 0 Å². The van der Waals surface area contributed by atoms with E-state index >= 15 is 0 Å². The van der Waals surface area contributed by atoms with E-state index in [-0.39, 0.29) is 37.5 Å². The van der Waals surface area contributed by atoms with E-state index in [1.54, 1.807) is 0 Å². The molecule has 0 heterocycles. The van der Waals surface area contributed by atoms with Crippen LogP contribution in [-0.4, -0.2) is 37.2 Å². The fourth-order valence-corrected chi connectivity index (χ4v) is 6.38. The van der Waals surface area contributed by atoms with Gasteiger partial charge in [-0.05, 0) is 116 Å². The number of esters is 3. The average molecular weight is 847 g/mol. The molecular formula is C55H90O6. The van der Waals surface area contributed by atoms with Crippen LogP contribution >= 0.6 is 0 Å². The quantitative estimate of drug-likeness (QED) is 0.0263. The maximum atomic E-state index is 12.8. The molecule has 1 atom stereocenters. The van der Waals surface area contributed by atoms with Crippen molar-refractivity contribution in [1.29, 1.82) is 0 Å². The minimum Gasteiger partial charge on any atom is -0.462 e. The number of unbranched alkanes of at least 4 members (excludes halogenated alkanes) is 16. The molecule has 6 nitrogen and oxygen atoms in total. The van der Waals surface area contributed by atoms with Crippen LogP contribution in [0.1, 0.15) is 213 Å². The highest BCUT2D eigenvalue weighted by Gasteiger charge is 2.19. The van der Waals surface area contributed by atoms with Crippen LogP contribution in [0.25, 0.3) is 0 Å². The molecule has 0 saturated heterocycles. The van der Waals surface area contributed by atoms with Gasteiger partial charge in [0, 0.05) is 19.3 Å². The normalized spacial score (nSPS) is 12.9. The van der Waals surface area contributed by atoms with Gasteiger partial charge in [0.05, 0.1) is 0 Å². The SMILES string of the molecule is CC/C=C\C/C=C\C/C=C\C/C=C\CCCCC(=O)O[C@H](COC(=O)CCCCCCC/C=C\C/C=C\C/C=C\CC)COC(=O)CCCCCCC/C=C\CCCCCC. The van der Waals surface area contributed by atoms with Crippen molar-refractivity contribution in [3.63, 3.8) is 0 Å². The Labute approximate surface area is 375 Å². The van der Waals surface area contributed by atoms with Crippen molar-refractivity contribution in [3.05, 3.63) is 97.2 Å².